The zero-order valence-electron chi connectivity index (χ0n) is 12.8. The average Bonchev–Trinajstić information content (AvgIpc) is 3.00. The Morgan fingerprint density at radius 2 is 2.10 bits per heavy atom. The third kappa shape index (κ3) is 3.01. The summed E-state index contributed by atoms with van der Waals surface area (Å²) in [6.07, 6.45) is 2.22. The minimum Gasteiger partial charge on any atom is -0.493 e. The number of nitrogens with two attached hydrogens (primary N) is 1. The average molecular weight is 294 g/mol. The molecule has 1 atom stereocenters. The van der Waals surface area contributed by atoms with Gasteiger partial charge in [-0.05, 0) is 14.1 Å². The Labute approximate surface area is 123 Å². The van der Waals surface area contributed by atoms with Gasteiger partial charge in [0, 0.05) is 19.2 Å². The number of ether oxygens (including phenoxy) is 1. The molecule has 2 heterocycles. The molecule has 8 heteroatoms. The first-order chi connectivity index (χ1) is 9.95. The van der Waals surface area contributed by atoms with Crippen LogP contribution in [-0.4, -0.2) is 57.3 Å². The maximum atomic E-state index is 10.6. The molecule has 2 rings (SSSR count). The fraction of sp³-hybridized carbons (Fsp3) is 0.538. The number of aliphatic hydroxyl groups excluding tert-OH is 1. The molecule has 2 aromatic rings. The number of nitrogens with zero attached hydrogens (tertiary/aromatic N) is 5. The molecule has 0 aliphatic rings. The number of likely N-dealkylation sites (N-methyl/N-ethyl adjacent to an activating group) is 1. The van der Waals surface area contributed by atoms with E-state index in [1.54, 1.807) is 31.2 Å². The summed E-state index contributed by atoms with van der Waals surface area (Å²) < 4.78 is 8.55. The summed E-state index contributed by atoms with van der Waals surface area (Å²) >= 11 is 0. The molecule has 8 nitrogen and oxygen atoms in total. The molecule has 0 aliphatic heterocycles. The van der Waals surface area contributed by atoms with Crippen molar-refractivity contribution in [1.82, 2.24) is 24.5 Å². The zero-order chi connectivity index (χ0) is 15.6. The summed E-state index contributed by atoms with van der Waals surface area (Å²) in [5.41, 5.74) is 7.06. The summed E-state index contributed by atoms with van der Waals surface area (Å²) in [6.45, 7) is 1.44. The highest BCUT2D eigenvalue weighted by atomic mass is 16.5. The van der Waals surface area contributed by atoms with Gasteiger partial charge in [0.2, 0.25) is 0 Å². The molecule has 2 aromatic heterocycles. The van der Waals surface area contributed by atoms with Gasteiger partial charge in [0.05, 0.1) is 26.0 Å². The highest BCUT2D eigenvalue weighted by Gasteiger charge is 2.25. The van der Waals surface area contributed by atoms with Crippen molar-refractivity contribution in [3.05, 3.63) is 23.7 Å². The van der Waals surface area contributed by atoms with Crippen molar-refractivity contribution in [2.75, 3.05) is 33.5 Å². The van der Waals surface area contributed by atoms with Crippen LogP contribution in [0.2, 0.25) is 0 Å². The van der Waals surface area contributed by atoms with E-state index >= 15 is 0 Å². The van der Waals surface area contributed by atoms with Gasteiger partial charge in [0.15, 0.2) is 5.75 Å². The number of nitrogen functional groups attached to an aromatic ring is 1. The van der Waals surface area contributed by atoms with E-state index in [-0.39, 0.29) is 0 Å². The molecule has 0 aromatic carbocycles. The number of aliphatic hydroxyl groups is 1. The van der Waals surface area contributed by atoms with Crippen LogP contribution in [0, 0.1) is 0 Å². The largest absolute Gasteiger partial charge is 0.493 e. The number of rotatable bonds is 6. The molecule has 0 radical (unpaired) electrons. The maximum Gasteiger partial charge on any atom is 0.163 e. The molecule has 1 unspecified atom stereocenters. The zero-order valence-corrected chi connectivity index (χ0v) is 12.8. The Hall–Kier alpha value is -2.06. The molecule has 0 aliphatic carbocycles. The van der Waals surface area contributed by atoms with Gasteiger partial charge in [-0.3, -0.25) is 9.36 Å². The van der Waals surface area contributed by atoms with Gasteiger partial charge >= 0.3 is 0 Å². The number of aromatic nitrogens is 4. The van der Waals surface area contributed by atoms with Gasteiger partial charge in [-0.1, -0.05) is 0 Å². The molecule has 0 amide bonds. The van der Waals surface area contributed by atoms with Crippen LogP contribution < -0.4 is 10.5 Å². The minimum atomic E-state index is -0.932. The smallest absolute Gasteiger partial charge is 0.163 e. The second-order valence-electron chi connectivity index (χ2n) is 5.14. The molecular formula is C13H22N6O2. The fourth-order valence-corrected chi connectivity index (χ4v) is 2.11. The number of hydrogen-bond donors (Lipinski definition) is 2. The van der Waals surface area contributed by atoms with Crippen LogP contribution in [0.5, 0.6) is 5.75 Å². The van der Waals surface area contributed by atoms with Crippen LogP contribution in [0.15, 0.2) is 12.4 Å². The third-order valence-electron chi connectivity index (χ3n) is 3.39. The predicted molar refractivity (Wildman–Crippen MR) is 79.0 cm³/mol. The molecule has 0 fully saturated rings. The van der Waals surface area contributed by atoms with Crippen LogP contribution >= 0.6 is 0 Å². The van der Waals surface area contributed by atoms with Gasteiger partial charge in [-0.2, -0.15) is 10.2 Å². The van der Waals surface area contributed by atoms with E-state index < -0.39 is 6.10 Å². The van der Waals surface area contributed by atoms with E-state index in [2.05, 4.69) is 10.2 Å². The molecular weight excluding hydrogens is 272 g/mol. The summed E-state index contributed by atoms with van der Waals surface area (Å²) in [5, 5.41) is 19.0. The Morgan fingerprint density at radius 3 is 2.62 bits per heavy atom. The Balaban J connectivity index is 2.36. The Bertz CT molecular complexity index is 604. The van der Waals surface area contributed by atoms with E-state index in [0.29, 0.717) is 29.4 Å². The topological polar surface area (TPSA) is 94.4 Å². The number of methoxy groups -OCH3 is 1. The van der Waals surface area contributed by atoms with Crippen molar-refractivity contribution in [3.8, 4) is 5.75 Å². The van der Waals surface area contributed by atoms with E-state index in [9.17, 15) is 5.11 Å². The second kappa shape index (κ2) is 6.15. The van der Waals surface area contributed by atoms with Crippen molar-refractivity contribution in [1.29, 1.82) is 0 Å². The highest BCUT2D eigenvalue weighted by molar-refractivity contribution is 5.45. The van der Waals surface area contributed by atoms with E-state index in [4.69, 9.17) is 10.5 Å². The standard InChI is InChI=1S/C13H22N6O2/c1-17(2)5-6-19-11(10(21-4)8-16-19)12(20)9-7-15-18(3)13(9)14/h7-8,12,20H,5-6,14H2,1-4H3. The van der Waals surface area contributed by atoms with Crippen LogP contribution in [-0.2, 0) is 13.6 Å². The SMILES string of the molecule is COc1cnn(CCN(C)C)c1C(O)c1cnn(C)c1N. The van der Waals surface area contributed by atoms with Crippen LogP contribution in [0.4, 0.5) is 5.82 Å². The van der Waals surface area contributed by atoms with E-state index in [1.807, 2.05) is 19.0 Å². The van der Waals surface area contributed by atoms with E-state index in [1.165, 1.54) is 4.68 Å². The first-order valence-electron chi connectivity index (χ1n) is 6.65. The van der Waals surface area contributed by atoms with Crippen molar-refractivity contribution >= 4 is 5.82 Å². The monoisotopic (exact) mass is 294 g/mol. The molecule has 3 N–H and O–H groups in total. The van der Waals surface area contributed by atoms with Gasteiger partial charge in [0.25, 0.3) is 0 Å². The molecule has 0 saturated heterocycles. The van der Waals surface area contributed by atoms with Gasteiger partial charge in [-0.15, -0.1) is 0 Å². The summed E-state index contributed by atoms with van der Waals surface area (Å²) in [4.78, 5) is 2.04. The molecule has 0 bridgehead atoms. The van der Waals surface area contributed by atoms with Crippen LogP contribution in [0.1, 0.15) is 17.4 Å². The van der Waals surface area contributed by atoms with Crippen molar-refractivity contribution in [2.24, 2.45) is 7.05 Å². The summed E-state index contributed by atoms with van der Waals surface area (Å²) in [5.74, 6) is 0.953. The molecule has 21 heavy (non-hydrogen) atoms. The lowest BCUT2D eigenvalue weighted by atomic mass is 10.1. The van der Waals surface area contributed by atoms with Gasteiger partial charge < -0.3 is 20.5 Å². The molecule has 116 valence electrons. The second-order valence-corrected chi connectivity index (χ2v) is 5.14. The quantitative estimate of drug-likeness (QED) is 0.769. The Kier molecular flexibility index (Phi) is 4.49. The minimum absolute atomic E-state index is 0.421. The third-order valence-corrected chi connectivity index (χ3v) is 3.39. The summed E-state index contributed by atoms with van der Waals surface area (Å²) in [6, 6.07) is 0. The van der Waals surface area contributed by atoms with Crippen molar-refractivity contribution in [2.45, 2.75) is 12.6 Å². The lowest BCUT2D eigenvalue weighted by molar-refractivity contribution is 0.201. The number of aryl methyl sites for hydroxylation is 1. The van der Waals surface area contributed by atoms with Crippen molar-refractivity contribution < 1.29 is 9.84 Å². The number of anilines is 1. The van der Waals surface area contributed by atoms with Crippen LogP contribution in [0.25, 0.3) is 0 Å². The van der Waals surface area contributed by atoms with E-state index in [0.717, 1.165) is 6.54 Å². The van der Waals surface area contributed by atoms with Gasteiger partial charge in [0.1, 0.15) is 17.6 Å². The molecule has 0 saturated carbocycles. The first kappa shape index (κ1) is 15.3. The predicted octanol–water partition coefficient (Wildman–Crippen LogP) is -0.149. The van der Waals surface area contributed by atoms with Crippen LogP contribution in [0.3, 0.4) is 0 Å². The molecule has 0 spiro atoms. The maximum absolute atomic E-state index is 10.6. The lowest BCUT2D eigenvalue weighted by Crippen LogP contribution is -2.21. The fourth-order valence-electron chi connectivity index (χ4n) is 2.11. The first-order valence-corrected chi connectivity index (χ1v) is 6.65. The summed E-state index contributed by atoms with van der Waals surface area (Å²) in [7, 11) is 7.24. The number of hydrogen-bond acceptors (Lipinski definition) is 6. The van der Waals surface area contributed by atoms with Gasteiger partial charge in [-0.25, -0.2) is 0 Å². The normalized spacial score (nSPS) is 12.9. The highest BCUT2D eigenvalue weighted by Crippen LogP contribution is 2.32. The van der Waals surface area contributed by atoms with Crippen molar-refractivity contribution in [3.63, 3.8) is 0 Å². The Morgan fingerprint density at radius 1 is 1.38 bits per heavy atom. The lowest BCUT2D eigenvalue weighted by Gasteiger charge is -2.16.